The van der Waals surface area contributed by atoms with Crippen LogP contribution in [-0.2, 0) is 36.5 Å². The van der Waals surface area contributed by atoms with E-state index in [4.69, 9.17) is 14.2 Å². The first-order chi connectivity index (χ1) is 18.5. The van der Waals surface area contributed by atoms with Crippen LogP contribution in [0.1, 0.15) is 35.4 Å². The summed E-state index contributed by atoms with van der Waals surface area (Å²) in [4.78, 5) is 16.0. The Hall–Kier alpha value is -3.34. The Morgan fingerprint density at radius 1 is 1.05 bits per heavy atom. The van der Waals surface area contributed by atoms with Crippen molar-refractivity contribution in [2.24, 2.45) is 0 Å². The Balaban J connectivity index is 1.33. The first-order valence-electron chi connectivity index (χ1n) is 12.6. The van der Waals surface area contributed by atoms with Crippen molar-refractivity contribution in [1.29, 1.82) is 0 Å². The van der Waals surface area contributed by atoms with Crippen LogP contribution in [0.2, 0.25) is 0 Å². The van der Waals surface area contributed by atoms with E-state index in [1.54, 1.807) is 27.7 Å². The van der Waals surface area contributed by atoms with Gasteiger partial charge < -0.3 is 14.2 Å². The average Bonchev–Trinajstić information content (AvgIpc) is 3.64. The highest BCUT2D eigenvalue weighted by molar-refractivity contribution is 7.98. The van der Waals surface area contributed by atoms with Gasteiger partial charge in [0.1, 0.15) is 4.83 Å². The summed E-state index contributed by atoms with van der Waals surface area (Å²) in [5, 5.41) is 10.6. The molecule has 0 spiro atoms. The van der Waals surface area contributed by atoms with Crippen LogP contribution in [0.25, 0.3) is 16.0 Å². The highest BCUT2D eigenvalue weighted by atomic mass is 32.2. The second-order valence-corrected chi connectivity index (χ2v) is 12.2. The molecule has 0 unspecified atom stereocenters. The molecule has 10 heteroatoms. The fraction of sp³-hybridized carbons (Fsp3) is 0.321. The lowest BCUT2D eigenvalue weighted by molar-refractivity contribution is -0.0379. The summed E-state index contributed by atoms with van der Waals surface area (Å²) in [7, 11) is 0. The maximum absolute atomic E-state index is 14.0. The topological polar surface area (TPSA) is 79.9 Å². The van der Waals surface area contributed by atoms with Gasteiger partial charge in [0, 0.05) is 23.6 Å². The maximum atomic E-state index is 14.0. The van der Waals surface area contributed by atoms with E-state index in [9.17, 15) is 4.79 Å². The van der Waals surface area contributed by atoms with Crippen molar-refractivity contribution in [2.45, 2.75) is 56.4 Å². The maximum Gasteiger partial charge on any atom is 0.263 e. The molecule has 0 fully saturated rings. The third-order valence-electron chi connectivity index (χ3n) is 7.06. The van der Waals surface area contributed by atoms with Gasteiger partial charge in [-0.05, 0) is 49.1 Å². The number of thiophene rings is 1. The minimum absolute atomic E-state index is 0.00153. The summed E-state index contributed by atoms with van der Waals surface area (Å²) < 4.78 is 20.9. The van der Waals surface area contributed by atoms with Crippen LogP contribution in [0.3, 0.4) is 0 Å². The van der Waals surface area contributed by atoms with E-state index in [-0.39, 0.29) is 18.0 Å². The second kappa shape index (κ2) is 9.14. The summed E-state index contributed by atoms with van der Waals surface area (Å²) >= 11 is 3.22. The molecule has 194 valence electrons. The molecule has 2 aliphatic rings. The van der Waals surface area contributed by atoms with Crippen molar-refractivity contribution in [3.05, 3.63) is 80.5 Å². The number of aromatic nitrogens is 4. The van der Waals surface area contributed by atoms with Crippen molar-refractivity contribution in [3.63, 3.8) is 0 Å². The zero-order valence-electron chi connectivity index (χ0n) is 21.1. The summed E-state index contributed by atoms with van der Waals surface area (Å²) in [6.07, 6.45) is 1.43. The van der Waals surface area contributed by atoms with Crippen molar-refractivity contribution in [2.75, 3.05) is 6.79 Å². The molecular weight excluding hydrogens is 520 g/mol. The number of hydrogen-bond donors (Lipinski definition) is 0. The van der Waals surface area contributed by atoms with E-state index in [2.05, 4.69) is 40.6 Å². The standard InChI is InChI=1S/C28H26N4O4S2/c1-28(2)13-19-22(14-36-28)38-25-23(19)24(33)31(11-10-17-6-4-3-5-7-17)26-29-30-27(32(25)26)37-15-18-8-9-20-21(12-18)35-16-34-20/h3-9,12H,10-11,13-16H2,1-2H3. The molecule has 0 bridgehead atoms. The highest BCUT2D eigenvalue weighted by Crippen LogP contribution is 2.39. The number of nitrogens with zero attached hydrogens (tertiary/aromatic N) is 4. The Morgan fingerprint density at radius 2 is 1.89 bits per heavy atom. The number of rotatable bonds is 6. The molecule has 7 rings (SSSR count). The zero-order valence-corrected chi connectivity index (χ0v) is 22.7. The fourth-order valence-corrected chi connectivity index (χ4v) is 7.27. The molecule has 0 saturated carbocycles. The van der Waals surface area contributed by atoms with Crippen LogP contribution in [0.5, 0.6) is 11.5 Å². The normalized spacial score (nSPS) is 15.8. The predicted molar refractivity (Wildman–Crippen MR) is 147 cm³/mol. The largest absolute Gasteiger partial charge is 0.454 e. The van der Waals surface area contributed by atoms with Crippen molar-refractivity contribution < 1.29 is 14.2 Å². The lowest BCUT2D eigenvalue weighted by atomic mass is 9.94. The Morgan fingerprint density at radius 3 is 2.76 bits per heavy atom. The number of hydrogen-bond acceptors (Lipinski definition) is 8. The lowest BCUT2D eigenvalue weighted by Gasteiger charge is -2.29. The number of aryl methyl sites for hydroxylation is 2. The Kier molecular flexibility index (Phi) is 5.72. The fourth-order valence-electron chi connectivity index (χ4n) is 5.12. The second-order valence-electron chi connectivity index (χ2n) is 10.2. The van der Waals surface area contributed by atoms with Gasteiger partial charge >= 0.3 is 0 Å². The quantitative estimate of drug-likeness (QED) is 0.270. The number of thioether (sulfide) groups is 1. The van der Waals surface area contributed by atoms with Gasteiger partial charge in [-0.2, -0.15) is 0 Å². The first kappa shape index (κ1) is 23.8. The van der Waals surface area contributed by atoms with Gasteiger partial charge in [0.2, 0.25) is 12.6 Å². The third-order valence-corrected chi connectivity index (χ3v) is 9.25. The highest BCUT2D eigenvalue weighted by Gasteiger charge is 2.32. The van der Waals surface area contributed by atoms with Gasteiger partial charge in [-0.1, -0.05) is 48.2 Å². The molecule has 38 heavy (non-hydrogen) atoms. The third kappa shape index (κ3) is 4.07. The molecule has 0 saturated heterocycles. The molecule has 2 aliphatic heterocycles. The molecule has 0 atom stereocenters. The first-order valence-corrected chi connectivity index (χ1v) is 14.4. The van der Waals surface area contributed by atoms with Crippen LogP contribution < -0.4 is 15.0 Å². The van der Waals surface area contributed by atoms with Gasteiger partial charge in [-0.15, -0.1) is 21.5 Å². The molecule has 0 radical (unpaired) electrons. The van der Waals surface area contributed by atoms with E-state index < -0.39 is 0 Å². The van der Waals surface area contributed by atoms with Crippen LogP contribution in [-0.4, -0.2) is 31.6 Å². The van der Waals surface area contributed by atoms with E-state index in [0.717, 1.165) is 49.3 Å². The SMILES string of the molecule is CC1(C)Cc2c(sc3c2c(=O)n(CCc2ccccc2)c2nnc(SCc4ccc5c(c4)OCO5)n32)CO1. The molecule has 8 nitrogen and oxygen atoms in total. The van der Waals surface area contributed by atoms with Gasteiger partial charge in [-0.3, -0.25) is 9.36 Å². The van der Waals surface area contributed by atoms with E-state index in [1.807, 2.05) is 36.4 Å². The molecule has 0 amide bonds. The van der Waals surface area contributed by atoms with E-state index in [1.165, 1.54) is 5.56 Å². The van der Waals surface area contributed by atoms with E-state index in [0.29, 0.717) is 31.1 Å². The molecule has 5 aromatic rings. The number of fused-ring (bicyclic) bond motifs is 6. The lowest BCUT2D eigenvalue weighted by Crippen LogP contribution is -2.32. The van der Waals surface area contributed by atoms with Crippen LogP contribution >= 0.6 is 23.1 Å². The van der Waals surface area contributed by atoms with Gasteiger partial charge in [-0.25, -0.2) is 4.40 Å². The molecule has 5 heterocycles. The van der Waals surface area contributed by atoms with Crippen molar-refractivity contribution >= 4 is 39.1 Å². The Bertz CT molecular complexity index is 1740. The van der Waals surface area contributed by atoms with Gasteiger partial charge in [0.25, 0.3) is 5.56 Å². The monoisotopic (exact) mass is 546 g/mol. The van der Waals surface area contributed by atoms with Crippen LogP contribution in [0.4, 0.5) is 0 Å². The van der Waals surface area contributed by atoms with Crippen LogP contribution in [0, 0.1) is 0 Å². The zero-order chi connectivity index (χ0) is 25.9. The summed E-state index contributed by atoms with van der Waals surface area (Å²) in [6.45, 7) is 5.45. The molecule has 0 N–H and O–H groups in total. The smallest absolute Gasteiger partial charge is 0.263 e. The predicted octanol–water partition coefficient (Wildman–Crippen LogP) is 5.22. The minimum Gasteiger partial charge on any atom is -0.454 e. The Labute approximate surface area is 227 Å². The summed E-state index contributed by atoms with van der Waals surface area (Å²) in [6, 6.07) is 16.2. The minimum atomic E-state index is -0.318. The number of ether oxygens (including phenoxy) is 3. The van der Waals surface area contributed by atoms with E-state index >= 15 is 0 Å². The van der Waals surface area contributed by atoms with Gasteiger partial charge in [0.15, 0.2) is 16.7 Å². The van der Waals surface area contributed by atoms with Gasteiger partial charge in [0.05, 0.1) is 17.6 Å². The molecule has 3 aromatic heterocycles. The molecular formula is C28H26N4O4S2. The van der Waals surface area contributed by atoms with Crippen LogP contribution in [0.15, 0.2) is 58.5 Å². The summed E-state index contributed by atoms with van der Waals surface area (Å²) in [5.41, 5.74) is 3.06. The molecule has 0 aliphatic carbocycles. The average molecular weight is 547 g/mol. The summed E-state index contributed by atoms with van der Waals surface area (Å²) in [5.74, 6) is 2.79. The number of benzene rings is 2. The van der Waals surface area contributed by atoms with Crippen molar-refractivity contribution in [3.8, 4) is 11.5 Å². The molecule has 2 aromatic carbocycles. The van der Waals surface area contributed by atoms with Crippen molar-refractivity contribution in [1.82, 2.24) is 19.2 Å².